The summed E-state index contributed by atoms with van der Waals surface area (Å²) in [7, 11) is 0. The van der Waals surface area contributed by atoms with Crippen LogP contribution in [0, 0.1) is 0 Å². The van der Waals surface area contributed by atoms with E-state index in [-0.39, 0.29) is 6.61 Å². The van der Waals surface area contributed by atoms with Gasteiger partial charge in [0.1, 0.15) is 0 Å². The Kier molecular flexibility index (Phi) is 3.69. The fraction of sp³-hybridized carbons (Fsp3) is 1.00. The molecule has 0 atom stereocenters. The average molecular weight is 141 g/mol. The zero-order valence-corrected chi connectivity index (χ0v) is 5.24. The molecule has 0 aliphatic heterocycles. The van der Waals surface area contributed by atoms with Crippen LogP contribution in [0.5, 0.6) is 0 Å². The van der Waals surface area contributed by atoms with Crippen LogP contribution in [-0.4, -0.2) is 20.1 Å². The van der Waals surface area contributed by atoms with Gasteiger partial charge in [-0.05, 0) is 6.42 Å². The molecule has 0 aromatic rings. The summed E-state index contributed by atoms with van der Waals surface area (Å²) in [5.74, 6) is 0. The molecule has 0 aromatic carbocycles. The average Bonchev–Trinajstić information content (AvgIpc) is 1.63. The van der Waals surface area contributed by atoms with Crippen molar-refractivity contribution in [3.8, 4) is 0 Å². The Hall–Kier alpha value is -0.185. The lowest BCUT2D eigenvalue weighted by Gasteiger charge is -2.12. The van der Waals surface area contributed by atoms with Crippen molar-refractivity contribution >= 4 is 6.98 Å². The summed E-state index contributed by atoms with van der Waals surface area (Å²) in [5, 5.41) is 0. The van der Waals surface area contributed by atoms with Crippen LogP contribution in [0.2, 0.25) is 0 Å². The van der Waals surface area contributed by atoms with Gasteiger partial charge in [0.15, 0.2) is 0 Å². The van der Waals surface area contributed by atoms with Crippen molar-refractivity contribution in [1.82, 2.24) is 0 Å². The molecule has 0 aliphatic carbocycles. The summed E-state index contributed by atoms with van der Waals surface area (Å²) < 4.78 is 38.2. The number of hydrogen-bond donors (Lipinski definition) is 0. The molecule has 5 heteroatoms. The van der Waals surface area contributed by atoms with Crippen molar-refractivity contribution in [3.63, 3.8) is 0 Å². The molecule has 0 aliphatic rings. The molecule has 56 valence electrons. The minimum Gasteiger partial charge on any atom is -0.447 e. The third-order valence-electron chi connectivity index (χ3n) is 0.655. The molecule has 0 amide bonds. The Labute approximate surface area is 52.3 Å². The molecular formula is C4H9BF3O-. The first-order chi connectivity index (χ1) is 4.06. The lowest BCUT2D eigenvalue weighted by Crippen LogP contribution is -2.24. The van der Waals surface area contributed by atoms with E-state index in [1.165, 1.54) is 0 Å². The Balaban J connectivity index is 3.07. The molecule has 0 saturated carbocycles. The van der Waals surface area contributed by atoms with E-state index in [4.69, 9.17) is 0 Å². The van der Waals surface area contributed by atoms with E-state index in [2.05, 4.69) is 4.74 Å². The maximum atomic E-state index is 11.3. The summed E-state index contributed by atoms with van der Waals surface area (Å²) >= 11 is 0. The molecule has 0 unspecified atom stereocenters. The van der Waals surface area contributed by atoms with Crippen LogP contribution in [0.1, 0.15) is 13.3 Å². The van der Waals surface area contributed by atoms with Gasteiger partial charge in [-0.15, -0.1) is 0 Å². The highest BCUT2D eigenvalue weighted by molar-refractivity contribution is 6.58. The van der Waals surface area contributed by atoms with Gasteiger partial charge in [-0.25, -0.2) is 0 Å². The predicted molar refractivity (Wildman–Crippen MR) is 30.2 cm³/mol. The van der Waals surface area contributed by atoms with E-state index < -0.39 is 13.5 Å². The first-order valence-electron chi connectivity index (χ1n) is 2.85. The van der Waals surface area contributed by atoms with E-state index in [0.29, 0.717) is 6.42 Å². The van der Waals surface area contributed by atoms with Gasteiger partial charge in [-0.3, -0.25) is 0 Å². The summed E-state index contributed by atoms with van der Waals surface area (Å²) in [4.78, 5) is 0. The third-order valence-corrected chi connectivity index (χ3v) is 0.655. The molecule has 0 spiro atoms. The largest absolute Gasteiger partial charge is 0.503 e. The summed E-state index contributed by atoms with van der Waals surface area (Å²) in [6.45, 7) is -3.83. The first kappa shape index (κ1) is 8.81. The third kappa shape index (κ3) is 7.81. The van der Waals surface area contributed by atoms with Gasteiger partial charge >= 0.3 is 6.98 Å². The highest BCUT2D eigenvalue weighted by atomic mass is 19.4. The van der Waals surface area contributed by atoms with Crippen molar-refractivity contribution in [1.29, 1.82) is 0 Å². The van der Waals surface area contributed by atoms with Gasteiger partial charge in [-0.1, -0.05) is 6.92 Å². The zero-order valence-electron chi connectivity index (χ0n) is 5.24. The zero-order chi connectivity index (χ0) is 7.33. The maximum Gasteiger partial charge on any atom is 0.503 e. The SMILES string of the molecule is CCCOC[B-](F)(F)F. The van der Waals surface area contributed by atoms with E-state index in [1.807, 2.05) is 0 Å². The number of hydrogen-bond acceptors (Lipinski definition) is 1. The van der Waals surface area contributed by atoms with Crippen LogP contribution >= 0.6 is 0 Å². The van der Waals surface area contributed by atoms with Crippen LogP contribution < -0.4 is 0 Å². The molecule has 9 heavy (non-hydrogen) atoms. The number of ether oxygens (including phenoxy) is 1. The van der Waals surface area contributed by atoms with Crippen LogP contribution in [0.15, 0.2) is 0 Å². The van der Waals surface area contributed by atoms with Crippen LogP contribution in [0.3, 0.4) is 0 Å². The fourth-order valence-corrected chi connectivity index (χ4v) is 0.361. The van der Waals surface area contributed by atoms with Crippen molar-refractivity contribution in [2.45, 2.75) is 13.3 Å². The van der Waals surface area contributed by atoms with E-state index in [0.717, 1.165) is 0 Å². The maximum absolute atomic E-state index is 11.3. The van der Waals surface area contributed by atoms with Gasteiger partial charge in [0.25, 0.3) is 0 Å². The topological polar surface area (TPSA) is 9.23 Å². The van der Waals surface area contributed by atoms with Crippen molar-refractivity contribution < 1.29 is 17.7 Å². The summed E-state index contributed by atoms with van der Waals surface area (Å²) in [5.41, 5.74) is 0. The van der Waals surface area contributed by atoms with E-state index in [9.17, 15) is 12.9 Å². The highest BCUT2D eigenvalue weighted by Crippen LogP contribution is 2.07. The molecule has 0 saturated heterocycles. The molecule has 0 fully saturated rings. The number of rotatable bonds is 4. The molecule has 1 nitrogen and oxygen atoms in total. The van der Waals surface area contributed by atoms with E-state index >= 15 is 0 Å². The summed E-state index contributed by atoms with van der Waals surface area (Å²) in [6, 6.07) is 0. The molecule has 0 heterocycles. The minimum absolute atomic E-state index is 0.196. The Morgan fingerprint density at radius 2 is 1.89 bits per heavy atom. The molecule has 0 N–H and O–H groups in total. The fourth-order valence-electron chi connectivity index (χ4n) is 0.361. The van der Waals surface area contributed by atoms with Crippen molar-refractivity contribution in [2.75, 3.05) is 13.1 Å². The van der Waals surface area contributed by atoms with Gasteiger partial charge in [0, 0.05) is 13.1 Å². The Bertz CT molecular complexity index is 72.7. The lowest BCUT2D eigenvalue weighted by molar-refractivity contribution is 0.151. The van der Waals surface area contributed by atoms with Crippen molar-refractivity contribution in [2.24, 2.45) is 0 Å². The lowest BCUT2D eigenvalue weighted by atomic mass is 9.95. The van der Waals surface area contributed by atoms with Gasteiger partial charge in [0.2, 0.25) is 0 Å². The normalized spacial score (nSPS) is 12.0. The monoisotopic (exact) mass is 141 g/mol. The predicted octanol–water partition coefficient (Wildman–Crippen LogP) is 1.80. The van der Waals surface area contributed by atoms with Crippen LogP contribution in [0.4, 0.5) is 12.9 Å². The molecule has 0 radical (unpaired) electrons. The molecule has 0 bridgehead atoms. The minimum atomic E-state index is -4.73. The second kappa shape index (κ2) is 3.77. The second-order valence-electron chi connectivity index (χ2n) is 1.79. The standard InChI is InChI=1S/C4H9BF3O/c1-2-3-9-4-5(6,7)8/h2-4H2,1H3/q-1. The molecule has 0 rings (SSSR count). The number of halogens is 3. The van der Waals surface area contributed by atoms with Gasteiger partial charge < -0.3 is 17.7 Å². The smallest absolute Gasteiger partial charge is 0.447 e. The second-order valence-corrected chi connectivity index (χ2v) is 1.79. The molecule has 0 aromatic heterocycles. The Morgan fingerprint density at radius 1 is 1.33 bits per heavy atom. The molecular weight excluding hydrogens is 132 g/mol. The van der Waals surface area contributed by atoms with Crippen LogP contribution in [-0.2, 0) is 4.74 Å². The van der Waals surface area contributed by atoms with Gasteiger partial charge in [-0.2, -0.15) is 0 Å². The van der Waals surface area contributed by atoms with Crippen molar-refractivity contribution in [3.05, 3.63) is 0 Å². The van der Waals surface area contributed by atoms with Crippen LogP contribution in [0.25, 0.3) is 0 Å². The first-order valence-corrected chi connectivity index (χ1v) is 2.85. The Morgan fingerprint density at radius 3 is 2.22 bits per heavy atom. The highest BCUT2D eigenvalue weighted by Gasteiger charge is 2.22. The van der Waals surface area contributed by atoms with E-state index in [1.54, 1.807) is 6.92 Å². The quantitative estimate of drug-likeness (QED) is 0.428. The summed E-state index contributed by atoms with van der Waals surface area (Å²) in [6.07, 6.45) is 0.631. The van der Waals surface area contributed by atoms with Gasteiger partial charge in [0.05, 0.1) is 0 Å².